The van der Waals surface area contributed by atoms with Crippen molar-refractivity contribution in [2.75, 3.05) is 7.05 Å². The van der Waals surface area contributed by atoms with Gasteiger partial charge in [-0.25, -0.2) is 4.79 Å². The van der Waals surface area contributed by atoms with Crippen molar-refractivity contribution < 1.29 is 19.5 Å². The van der Waals surface area contributed by atoms with E-state index in [1.807, 2.05) is 13.8 Å². The molecule has 0 aromatic heterocycles. The Bertz CT molecular complexity index is 302. The van der Waals surface area contributed by atoms with Gasteiger partial charge in [-0.3, -0.25) is 14.9 Å². The molecule has 6 nitrogen and oxygen atoms in total. The van der Waals surface area contributed by atoms with Crippen molar-refractivity contribution in [2.45, 2.75) is 39.7 Å². The second kappa shape index (κ2) is 6.88. The minimum atomic E-state index is -0.948. The fraction of sp³-hybridized carbons (Fsp3) is 0.727. The standard InChI is InChI=1S/C11H20N2O4/c1-7(2)13(4)11(17)12-9(14)5-8(3)6-10(15)16/h7-8H,5-6H2,1-4H3,(H,15,16)(H,12,14,17). The van der Waals surface area contributed by atoms with Gasteiger partial charge in [-0.05, 0) is 19.8 Å². The summed E-state index contributed by atoms with van der Waals surface area (Å²) in [5, 5.41) is 10.8. The number of carboxylic acid groups (broad SMARTS) is 1. The zero-order chi connectivity index (χ0) is 13.6. The number of carbonyl (C=O) groups excluding carboxylic acids is 2. The molecule has 0 fully saturated rings. The summed E-state index contributed by atoms with van der Waals surface area (Å²) in [6.45, 7) is 5.32. The number of hydrogen-bond acceptors (Lipinski definition) is 3. The van der Waals surface area contributed by atoms with Crippen LogP contribution in [0.15, 0.2) is 0 Å². The van der Waals surface area contributed by atoms with Crippen LogP contribution in [0.5, 0.6) is 0 Å². The smallest absolute Gasteiger partial charge is 0.324 e. The fourth-order valence-corrected chi connectivity index (χ4v) is 1.18. The Morgan fingerprint density at radius 3 is 2.12 bits per heavy atom. The topological polar surface area (TPSA) is 86.7 Å². The summed E-state index contributed by atoms with van der Waals surface area (Å²) in [6.07, 6.45) is -0.0500. The molecule has 0 aliphatic rings. The molecule has 0 bridgehead atoms. The van der Waals surface area contributed by atoms with Gasteiger partial charge in [0.15, 0.2) is 0 Å². The monoisotopic (exact) mass is 244 g/mol. The summed E-state index contributed by atoms with van der Waals surface area (Å²) in [5.41, 5.74) is 0. The molecular weight excluding hydrogens is 224 g/mol. The third-order valence-corrected chi connectivity index (χ3v) is 2.40. The van der Waals surface area contributed by atoms with Crippen LogP contribution in [0.25, 0.3) is 0 Å². The predicted octanol–water partition coefficient (Wildman–Crippen LogP) is 1.06. The Balaban J connectivity index is 4.10. The molecule has 0 heterocycles. The van der Waals surface area contributed by atoms with Crippen molar-refractivity contribution in [2.24, 2.45) is 5.92 Å². The van der Waals surface area contributed by atoms with E-state index in [0.29, 0.717) is 0 Å². The van der Waals surface area contributed by atoms with Crippen molar-refractivity contribution in [3.05, 3.63) is 0 Å². The van der Waals surface area contributed by atoms with E-state index >= 15 is 0 Å². The average Bonchev–Trinajstić information content (AvgIpc) is 2.13. The van der Waals surface area contributed by atoms with Crippen LogP contribution in [0.1, 0.15) is 33.6 Å². The molecule has 3 amide bonds. The van der Waals surface area contributed by atoms with Gasteiger partial charge in [0, 0.05) is 25.9 Å². The van der Waals surface area contributed by atoms with Gasteiger partial charge in [-0.2, -0.15) is 0 Å². The fourth-order valence-electron chi connectivity index (χ4n) is 1.18. The number of rotatable bonds is 5. The van der Waals surface area contributed by atoms with Crippen LogP contribution >= 0.6 is 0 Å². The summed E-state index contributed by atoms with van der Waals surface area (Å²) < 4.78 is 0. The van der Waals surface area contributed by atoms with Gasteiger partial charge < -0.3 is 10.0 Å². The van der Waals surface area contributed by atoms with Gasteiger partial charge in [-0.1, -0.05) is 6.92 Å². The number of urea groups is 1. The Morgan fingerprint density at radius 2 is 1.71 bits per heavy atom. The Kier molecular flexibility index (Phi) is 6.23. The molecule has 1 unspecified atom stereocenters. The van der Waals surface area contributed by atoms with Crippen LogP contribution in [0.4, 0.5) is 4.79 Å². The molecule has 98 valence electrons. The minimum Gasteiger partial charge on any atom is -0.481 e. The maximum absolute atomic E-state index is 11.5. The average molecular weight is 244 g/mol. The number of carboxylic acids is 1. The van der Waals surface area contributed by atoms with E-state index < -0.39 is 17.9 Å². The second-order valence-electron chi connectivity index (χ2n) is 4.47. The summed E-state index contributed by atoms with van der Waals surface area (Å²) in [4.78, 5) is 34.7. The van der Waals surface area contributed by atoms with Crippen molar-refractivity contribution >= 4 is 17.9 Å². The highest BCUT2D eigenvalue weighted by molar-refractivity contribution is 5.94. The molecule has 0 aromatic carbocycles. The van der Waals surface area contributed by atoms with Gasteiger partial charge in [0.2, 0.25) is 5.91 Å². The SMILES string of the molecule is CC(CC(=O)O)CC(=O)NC(=O)N(C)C(C)C. The molecule has 0 aliphatic heterocycles. The largest absolute Gasteiger partial charge is 0.481 e. The van der Waals surface area contributed by atoms with Crippen LogP contribution in [0.3, 0.4) is 0 Å². The molecule has 1 atom stereocenters. The zero-order valence-corrected chi connectivity index (χ0v) is 10.7. The lowest BCUT2D eigenvalue weighted by Crippen LogP contribution is -2.44. The lowest BCUT2D eigenvalue weighted by atomic mass is 10.0. The van der Waals surface area contributed by atoms with E-state index in [0.717, 1.165) is 0 Å². The molecule has 0 saturated carbocycles. The third-order valence-electron chi connectivity index (χ3n) is 2.40. The first-order valence-corrected chi connectivity index (χ1v) is 5.52. The number of hydrogen-bond donors (Lipinski definition) is 2. The van der Waals surface area contributed by atoms with E-state index in [1.165, 1.54) is 4.90 Å². The molecule has 6 heteroatoms. The normalized spacial score (nSPS) is 12.1. The molecule has 0 aromatic rings. The first-order valence-electron chi connectivity index (χ1n) is 5.52. The molecule has 0 saturated heterocycles. The van der Waals surface area contributed by atoms with Gasteiger partial charge in [-0.15, -0.1) is 0 Å². The first kappa shape index (κ1) is 15.4. The number of carbonyl (C=O) groups is 3. The quantitative estimate of drug-likeness (QED) is 0.757. The molecular formula is C11H20N2O4. The number of amides is 3. The molecule has 0 radical (unpaired) electrons. The number of aliphatic carboxylic acids is 1. The van der Waals surface area contributed by atoms with E-state index in [4.69, 9.17) is 5.11 Å². The van der Waals surface area contributed by atoms with Gasteiger partial charge >= 0.3 is 12.0 Å². The zero-order valence-electron chi connectivity index (χ0n) is 10.7. The maximum Gasteiger partial charge on any atom is 0.324 e. The third kappa shape index (κ3) is 6.55. The molecule has 17 heavy (non-hydrogen) atoms. The number of imide groups is 1. The van der Waals surface area contributed by atoms with Gasteiger partial charge in [0.25, 0.3) is 0 Å². The minimum absolute atomic E-state index is 0.000701. The van der Waals surface area contributed by atoms with E-state index in [2.05, 4.69) is 5.32 Å². The maximum atomic E-state index is 11.5. The number of nitrogens with zero attached hydrogens (tertiary/aromatic N) is 1. The van der Waals surface area contributed by atoms with Crippen LogP contribution in [-0.4, -0.2) is 41.0 Å². The Labute approximate surface area is 101 Å². The van der Waals surface area contributed by atoms with Crippen LogP contribution in [0, 0.1) is 5.92 Å². The highest BCUT2D eigenvalue weighted by atomic mass is 16.4. The Hall–Kier alpha value is -1.59. The van der Waals surface area contributed by atoms with Crippen molar-refractivity contribution in [1.82, 2.24) is 10.2 Å². The highest BCUT2D eigenvalue weighted by Crippen LogP contribution is 2.07. The Morgan fingerprint density at radius 1 is 1.18 bits per heavy atom. The molecule has 0 spiro atoms. The number of nitrogens with one attached hydrogen (secondary N) is 1. The summed E-state index contributed by atoms with van der Waals surface area (Å²) in [7, 11) is 1.59. The second-order valence-corrected chi connectivity index (χ2v) is 4.47. The van der Waals surface area contributed by atoms with Crippen LogP contribution in [0.2, 0.25) is 0 Å². The van der Waals surface area contributed by atoms with Gasteiger partial charge in [0.1, 0.15) is 0 Å². The predicted molar refractivity (Wildman–Crippen MR) is 62.5 cm³/mol. The van der Waals surface area contributed by atoms with Crippen molar-refractivity contribution in [1.29, 1.82) is 0 Å². The van der Waals surface area contributed by atoms with Gasteiger partial charge in [0.05, 0.1) is 0 Å². The van der Waals surface area contributed by atoms with E-state index in [1.54, 1.807) is 14.0 Å². The lowest BCUT2D eigenvalue weighted by Gasteiger charge is -2.21. The van der Waals surface area contributed by atoms with Crippen LogP contribution in [-0.2, 0) is 9.59 Å². The first-order chi connectivity index (χ1) is 7.73. The summed E-state index contributed by atoms with van der Waals surface area (Å²) in [6, 6.07) is -0.466. The summed E-state index contributed by atoms with van der Waals surface area (Å²) >= 11 is 0. The molecule has 0 rings (SSSR count). The summed E-state index contributed by atoms with van der Waals surface area (Å²) in [5.74, 6) is -1.68. The molecule has 0 aliphatic carbocycles. The van der Waals surface area contributed by atoms with E-state index in [9.17, 15) is 14.4 Å². The highest BCUT2D eigenvalue weighted by Gasteiger charge is 2.17. The molecule has 2 N–H and O–H groups in total. The van der Waals surface area contributed by atoms with Crippen molar-refractivity contribution in [3.8, 4) is 0 Å². The lowest BCUT2D eigenvalue weighted by molar-refractivity contribution is -0.138. The van der Waals surface area contributed by atoms with Crippen LogP contribution < -0.4 is 5.32 Å². The van der Waals surface area contributed by atoms with Crippen molar-refractivity contribution in [3.63, 3.8) is 0 Å². The van der Waals surface area contributed by atoms with E-state index in [-0.39, 0.29) is 24.8 Å².